The summed E-state index contributed by atoms with van der Waals surface area (Å²) in [5.74, 6) is -1.92. The Balaban J connectivity index is 2.01. The lowest BCUT2D eigenvalue weighted by Crippen LogP contribution is -1.95. The molecule has 0 spiro atoms. The summed E-state index contributed by atoms with van der Waals surface area (Å²) in [7, 11) is 0. The van der Waals surface area contributed by atoms with E-state index in [-0.39, 0.29) is 23.8 Å². The Hall–Kier alpha value is -2.31. The fraction of sp³-hybridized carbons (Fsp3) is 0.308. The summed E-state index contributed by atoms with van der Waals surface area (Å²) >= 11 is 0. The average molecular weight is 282 g/mol. The summed E-state index contributed by atoms with van der Waals surface area (Å²) < 4.78 is 31.8. The number of hydrogen-bond donors (Lipinski definition) is 1. The number of aromatic nitrogens is 2. The molecule has 1 aromatic carbocycles. The van der Waals surface area contributed by atoms with Gasteiger partial charge in [-0.2, -0.15) is 0 Å². The molecular weight excluding hydrogens is 270 g/mol. The number of aliphatic carboxylic acids is 1. The third-order valence-corrected chi connectivity index (χ3v) is 2.66. The first-order valence-corrected chi connectivity index (χ1v) is 6.06. The Bertz CT molecular complexity index is 613. The molecule has 0 radical (unpaired) electrons. The zero-order valence-electron chi connectivity index (χ0n) is 10.5. The van der Waals surface area contributed by atoms with Gasteiger partial charge in [-0.15, -0.1) is 10.2 Å². The molecule has 0 saturated carbocycles. The maximum absolute atomic E-state index is 13.5. The molecule has 2 rings (SSSR count). The van der Waals surface area contributed by atoms with Crippen LogP contribution in [0, 0.1) is 11.6 Å². The Kier molecular flexibility index (Phi) is 4.39. The van der Waals surface area contributed by atoms with Crippen LogP contribution in [0.2, 0.25) is 0 Å². The van der Waals surface area contributed by atoms with E-state index >= 15 is 0 Å². The van der Waals surface area contributed by atoms with Gasteiger partial charge in [-0.3, -0.25) is 4.79 Å². The van der Waals surface area contributed by atoms with Gasteiger partial charge in [-0.1, -0.05) is 0 Å². The van der Waals surface area contributed by atoms with Gasteiger partial charge in [-0.25, -0.2) is 8.78 Å². The Morgan fingerprint density at radius 2 is 2.05 bits per heavy atom. The van der Waals surface area contributed by atoms with Crippen LogP contribution in [0.15, 0.2) is 22.6 Å². The number of carboxylic acid groups (broad SMARTS) is 1. The van der Waals surface area contributed by atoms with E-state index in [2.05, 4.69) is 10.2 Å². The molecule has 1 aromatic heterocycles. The van der Waals surface area contributed by atoms with Crippen molar-refractivity contribution in [3.8, 4) is 11.5 Å². The van der Waals surface area contributed by atoms with E-state index in [1.54, 1.807) is 0 Å². The number of unbranched alkanes of at least 4 members (excludes halogenated alkanes) is 1. The van der Waals surface area contributed by atoms with Crippen LogP contribution in [0.25, 0.3) is 11.5 Å². The molecule has 0 saturated heterocycles. The predicted molar refractivity (Wildman–Crippen MR) is 64.8 cm³/mol. The summed E-state index contributed by atoms with van der Waals surface area (Å²) in [6.45, 7) is 0. The predicted octanol–water partition coefficient (Wildman–Crippen LogP) is 2.81. The standard InChI is InChI=1S/C13H12F2N2O3/c14-8-5-6-10(15)9(7-8)13-17-16-11(20-13)3-1-2-4-12(18)19/h5-7H,1-4H2,(H,18,19). The SMILES string of the molecule is O=C(O)CCCCc1nnc(-c2cc(F)ccc2F)o1. The first kappa shape index (κ1) is 14.1. The first-order valence-electron chi connectivity index (χ1n) is 6.06. The molecule has 0 bridgehead atoms. The number of benzene rings is 1. The lowest BCUT2D eigenvalue weighted by Gasteiger charge is -1.97. The Morgan fingerprint density at radius 1 is 1.25 bits per heavy atom. The Labute approximate surface area is 113 Å². The molecule has 0 fully saturated rings. The van der Waals surface area contributed by atoms with Crippen molar-refractivity contribution in [1.82, 2.24) is 10.2 Å². The maximum Gasteiger partial charge on any atom is 0.303 e. The third kappa shape index (κ3) is 3.59. The van der Waals surface area contributed by atoms with Crippen LogP contribution in [-0.4, -0.2) is 21.3 Å². The van der Waals surface area contributed by atoms with Crippen LogP contribution in [0.3, 0.4) is 0 Å². The topological polar surface area (TPSA) is 76.2 Å². The normalized spacial score (nSPS) is 10.7. The second-order valence-electron chi connectivity index (χ2n) is 4.23. The molecule has 0 unspecified atom stereocenters. The van der Waals surface area contributed by atoms with Crippen LogP contribution in [-0.2, 0) is 11.2 Å². The van der Waals surface area contributed by atoms with Crippen molar-refractivity contribution in [2.24, 2.45) is 0 Å². The van der Waals surface area contributed by atoms with Gasteiger partial charge < -0.3 is 9.52 Å². The van der Waals surface area contributed by atoms with Crippen molar-refractivity contribution >= 4 is 5.97 Å². The highest BCUT2D eigenvalue weighted by Gasteiger charge is 2.14. The number of carboxylic acids is 1. The minimum absolute atomic E-state index is 0.0690. The van der Waals surface area contributed by atoms with E-state index in [1.807, 2.05) is 0 Å². The van der Waals surface area contributed by atoms with Crippen molar-refractivity contribution in [3.05, 3.63) is 35.7 Å². The van der Waals surface area contributed by atoms with Gasteiger partial charge in [0.25, 0.3) is 5.89 Å². The average Bonchev–Trinajstić information content (AvgIpc) is 2.86. The van der Waals surface area contributed by atoms with Crippen LogP contribution >= 0.6 is 0 Å². The van der Waals surface area contributed by atoms with Gasteiger partial charge in [0.2, 0.25) is 5.89 Å². The summed E-state index contributed by atoms with van der Waals surface area (Å²) in [4.78, 5) is 10.3. The molecule has 1 N–H and O–H groups in total. The molecular formula is C13H12F2N2O3. The maximum atomic E-state index is 13.5. The molecule has 2 aromatic rings. The van der Waals surface area contributed by atoms with Crippen molar-refractivity contribution in [1.29, 1.82) is 0 Å². The number of carbonyl (C=O) groups is 1. The molecule has 5 nitrogen and oxygen atoms in total. The fourth-order valence-corrected chi connectivity index (χ4v) is 1.68. The molecule has 0 atom stereocenters. The van der Waals surface area contributed by atoms with Crippen LogP contribution < -0.4 is 0 Å². The third-order valence-electron chi connectivity index (χ3n) is 2.66. The van der Waals surface area contributed by atoms with Gasteiger partial charge in [0.05, 0.1) is 5.56 Å². The molecule has 106 valence electrons. The van der Waals surface area contributed by atoms with E-state index < -0.39 is 17.6 Å². The van der Waals surface area contributed by atoms with Crippen LogP contribution in [0.1, 0.15) is 25.2 Å². The number of aryl methyl sites for hydroxylation is 1. The monoisotopic (exact) mass is 282 g/mol. The van der Waals surface area contributed by atoms with Crippen molar-refractivity contribution in [2.75, 3.05) is 0 Å². The highest BCUT2D eigenvalue weighted by Crippen LogP contribution is 2.22. The first-order chi connectivity index (χ1) is 9.56. The second kappa shape index (κ2) is 6.23. The van der Waals surface area contributed by atoms with E-state index in [9.17, 15) is 13.6 Å². The molecule has 0 aliphatic heterocycles. The molecule has 0 aliphatic carbocycles. The van der Waals surface area contributed by atoms with E-state index in [1.165, 1.54) is 0 Å². The van der Waals surface area contributed by atoms with Crippen molar-refractivity contribution in [3.63, 3.8) is 0 Å². The molecule has 20 heavy (non-hydrogen) atoms. The number of rotatable bonds is 6. The summed E-state index contributed by atoms with van der Waals surface area (Å²) in [6, 6.07) is 2.97. The summed E-state index contributed by atoms with van der Waals surface area (Å²) in [6.07, 6.45) is 1.53. The molecule has 0 aliphatic rings. The number of halogens is 2. The van der Waals surface area contributed by atoms with Gasteiger partial charge in [-0.05, 0) is 31.0 Å². The highest BCUT2D eigenvalue weighted by atomic mass is 19.1. The summed E-state index contributed by atoms with van der Waals surface area (Å²) in [5.41, 5.74) is -0.0886. The zero-order chi connectivity index (χ0) is 14.5. The van der Waals surface area contributed by atoms with Gasteiger partial charge in [0.15, 0.2) is 0 Å². The molecule has 7 heteroatoms. The lowest BCUT2D eigenvalue weighted by molar-refractivity contribution is -0.137. The Morgan fingerprint density at radius 3 is 2.80 bits per heavy atom. The number of nitrogens with zero attached hydrogens (tertiary/aromatic N) is 2. The van der Waals surface area contributed by atoms with E-state index in [0.717, 1.165) is 18.2 Å². The molecule has 1 heterocycles. The largest absolute Gasteiger partial charge is 0.481 e. The smallest absolute Gasteiger partial charge is 0.303 e. The zero-order valence-corrected chi connectivity index (χ0v) is 10.5. The van der Waals surface area contributed by atoms with E-state index in [0.29, 0.717) is 19.3 Å². The lowest BCUT2D eigenvalue weighted by atomic mass is 10.2. The van der Waals surface area contributed by atoms with E-state index in [4.69, 9.17) is 9.52 Å². The van der Waals surface area contributed by atoms with Crippen LogP contribution in [0.4, 0.5) is 8.78 Å². The fourth-order valence-electron chi connectivity index (χ4n) is 1.68. The van der Waals surface area contributed by atoms with Gasteiger partial charge >= 0.3 is 5.97 Å². The van der Waals surface area contributed by atoms with Gasteiger partial charge in [0.1, 0.15) is 11.6 Å². The highest BCUT2D eigenvalue weighted by molar-refractivity contribution is 5.66. The minimum atomic E-state index is -0.863. The van der Waals surface area contributed by atoms with Crippen molar-refractivity contribution in [2.45, 2.75) is 25.7 Å². The molecule has 0 amide bonds. The summed E-state index contributed by atoms with van der Waals surface area (Å²) in [5, 5.41) is 15.9. The van der Waals surface area contributed by atoms with Crippen LogP contribution in [0.5, 0.6) is 0 Å². The van der Waals surface area contributed by atoms with Gasteiger partial charge in [0, 0.05) is 12.8 Å². The van der Waals surface area contributed by atoms with Crippen molar-refractivity contribution < 1.29 is 23.1 Å². The quantitative estimate of drug-likeness (QED) is 0.824. The second-order valence-corrected chi connectivity index (χ2v) is 4.23. The number of hydrogen-bond acceptors (Lipinski definition) is 4. The minimum Gasteiger partial charge on any atom is -0.481 e.